The summed E-state index contributed by atoms with van der Waals surface area (Å²) in [5.41, 5.74) is 8.08. The molecule has 17 heavy (non-hydrogen) atoms. The van der Waals surface area contributed by atoms with E-state index in [1.165, 1.54) is 11.9 Å². The van der Waals surface area contributed by atoms with Gasteiger partial charge in [-0.05, 0) is 25.0 Å². The summed E-state index contributed by atoms with van der Waals surface area (Å²) in [7, 11) is 0. The Kier molecular flexibility index (Phi) is 2.18. The van der Waals surface area contributed by atoms with E-state index in [4.69, 9.17) is 5.73 Å². The van der Waals surface area contributed by atoms with Gasteiger partial charge in [-0.1, -0.05) is 18.2 Å². The van der Waals surface area contributed by atoms with Crippen LogP contribution >= 0.6 is 0 Å². The van der Waals surface area contributed by atoms with Crippen molar-refractivity contribution in [1.82, 2.24) is 15.0 Å². The van der Waals surface area contributed by atoms with Gasteiger partial charge < -0.3 is 10.6 Å². The van der Waals surface area contributed by atoms with Crippen molar-refractivity contribution in [3.63, 3.8) is 0 Å². The highest BCUT2D eigenvalue weighted by atomic mass is 15.3. The highest BCUT2D eigenvalue weighted by Crippen LogP contribution is 2.35. The molecule has 0 radical (unpaired) electrons. The van der Waals surface area contributed by atoms with E-state index in [9.17, 15) is 0 Å². The number of nitrogen functional groups attached to an aromatic ring is 1. The quantitative estimate of drug-likeness (QED) is 0.800. The minimum atomic E-state index is 0.256. The third kappa shape index (κ3) is 1.60. The van der Waals surface area contributed by atoms with Crippen LogP contribution in [0.4, 0.5) is 17.6 Å². The number of nitrogens with two attached hydrogens (primary N) is 1. The summed E-state index contributed by atoms with van der Waals surface area (Å²) in [5, 5.41) is 0. The van der Waals surface area contributed by atoms with Gasteiger partial charge in [-0.25, -0.2) is 9.97 Å². The Hall–Kier alpha value is -2.17. The van der Waals surface area contributed by atoms with Crippen molar-refractivity contribution in [2.45, 2.75) is 19.4 Å². The third-order valence-corrected chi connectivity index (χ3v) is 3.00. The Morgan fingerprint density at radius 1 is 1.29 bits per heavy atom. The number of rotatable bonds is 1. The van der Waals surface area contributed by atoms with E-state index in [1.54, 1.807) is 0 Å². The average molecular weight is 227 g/mol. The van der Waals surface area contributed by atoms with Crippen molar-refractivity contribution in [1.29, 1.82) is 0 Å². The molecule has 2 heterocycles. The molecule has 0 bridgehead atoms. The van der Waals surface area contributed by atoms with Crippen molar-refractivity contribution in [3.8, 4) is 0 Å². The summed E-state index contributed by atoms with van der Waals surface area (Å²) in [6, 6.07) is 8.63. The van der Waals surface area contributed by atoms with Crippen LogP contribution in [0, 0.1) is 0 Å². The summed E-state index contributed by atoms with van der Waals surface area (Å²) in [4.78, 5) is 14.3. The maximum atomic E-state index is 5.60. The van der Waals surface area contributed by atoms with Crippen molar-refractivity contribution >= 4 is 17.6 Å². The van der Waals surface area contributed by atoms with Gasteiger partial charge >= 0.3 is 0 Å². The van der Waals surface area contributed by atoms with E-state index < -0.39 is 0 Å². The van der Waals surface area contributed by atoms with Gasteiger partial charge in [0.05, 0.1) is 0 Å². The first kappa shape index (κ1) is 10.0. The number of hydrogen-bond donors (Lipinski definition) is 1. The molecular weight excluding hydrogens is 214 g/mol. The fourth-order valence-corrected chi connectivity index (χ4v) is 2.29. The predicted molar refractivity (Wildman–Crippen MR) is 66.0 cm³/mol. The molecule has 0 saturated carbocycles. The first-order valence-electron chi connectivity index (χ1n) is 5.57. The molecule has 5 heteroatoms. The zero-order valence-electron chi connectivity index (χ0n) is 9.54. The highest BCUT2D eigenvalue weighted by Gasteiger charge is 2.28. The molecule has 1 atom stereocenters. The Morgan fingerprint density at radius 3 is 2.94 bits per heavy atom. The largest absolute Gasteiger partial charge is 0.368 e. The Balaban J connectivity index is 2.09. The smallest absolute Gasteiger partial charge is 0.234 e. The number of para-hydroxylation sites is 1. The second-order valence-electron chi connectivity index (χ2n) is 4.20. The van der Waals surface area contributed by atoms with E-state index in [0.717, 1.165) is 12.1 Å². The molecule has 3 rings (SSSR count). The summed E-state index contributed by atoms with van der Waals surface area (Å²) < 4.78 is 0. The molecule has 5 nitrogen and oxygen atoms in total. The zero-order chi connectivity index (χ0) is 11.8. The monoisotopic (exact) mass is 227 g/mol. The van der Waals surface area contributed by atoms with Gasteiger partial charge in [0.15, 0.2) is 0 Å². The molecule has 1 aliphatic rings. The van der Waals surface area contributed by atoms with Crippen molar-refractivity contribution in [3.05, 3.63) is 36.2 Å². The van der Waals surface area contributed by atoms with Gasteiger partial charge in [0.25, 0.3) is 0 Å². The fraction of sp³-hybridized carbons (Fsp3) is 0.250. The van der Waals surface area contributed by atoms with E-state index in [2.05, 4.69) is 45.0 Å². The van der Waals surface area contributed by atoms with Gasteiger partial charge in [-0.15, -0.1) is 0 Å². The standard InChI is InChI=1S/C12H13N5/c1-8-6-9-4-2-3-5-10(9)17(8)12-15-7-14-11(13)16-12/h2-5,7-8H,6H2,1H3,(H2,13,14,15,16)/t8-/m1/s1. The van der Waals surface area contributed by atoms with Crippen LogP contribution in [0.3, 0.4) is 0 Å². The van der Waals surface area contributed by atoms with Gasteiger partial charge in [-0.3, -0.25) is 0 Å². The van der Waals surface area contributed by atoms with Gasteiger partial charge in [0, 0.05) is 11.7 Å². The first-order chi connectivity index (χ1) is 8.25. The molecule has 2 aromatic rings. The van der Waals surface area contributed by atoms with E-state index >= 15 is 0 Å². The van der Waals surface area contributed by atoms with Crippen LogP contribution in [0.25, 0.3) is 0 Å². The molecule has 0 aliphatic carbocycles. The number of hydrogen-bond acceptors (Lipinski definition) is 5. The van der Waals surface area contributed by atoms with Crippen LogP contribution in [0.1, 0.15) is 12.5 Å². The highest BCUT2D eigenvalue weighted by molar-refractivity contribution is 5.67. The lowest BCUT2D eigenvalue weighted by atomic mass is 10.1. The molecule has 86 valence electrons. The van der Waals surface area contributed by atoms with E-state index in [1.807, 2.05) is 6.07 Å². The Morgan fingerprint density at radius 2 is 2.12 bits per heavy atom. The van der Waals surface area contributed by atoms with Crippen LogP contribution in [-0.2, 0) is 6.42 Å². The Labute approximate surface area is 99.3 Å². The van der Waals surface area contributed by atoms with Gasteiger partial charge in [0.2, 0.25) is 11.9 Å². The molecular formula is C12H13N5. The lowest BCUT2D eigenvalue weighted by molar-refractivity contribution is 0.737. The molecule has 2 N–H and O–H groups in total. The second-order valence-corrected chi connectivity index (χ2v) is 4.20. The summed E-state index contributed by atoms with van der Waals surface area (Å²) in [5.74, 6) is 0.876. The van der Waals surface area contributed by atoms with Crippen molar-refractivity contribution in [2.75, 3.05) is 10.6 Å². The lowest BCUT2D eigenvalue weighted by Crippen LogP contribution is -2.26. The topological polar surface area (TPSA) is 67.9 Å². The maximum absolute atomic E-state index is 5.60. The second kappa shape index (κ2) is 3.69. The normalized spacial score (nSPS) is 18.2. The molecule has 1 aliphatic heterocycles. The lowest BCUT2D eigenvalue weighted by Gasteiger charge is -2.22. The SMILES string of the molecule is C[C@@H]1Cc2ccccc2N1c1ncnc(N)n1. The summed E-state index contributed by atoms with van der Waals surface area (Å²) in [6.07, 6.45) is 2.45. The van der Waals surface area contributed by atoms with Crippen LogP contribution in [0.2, 0.25) is 0 Å². The Bertz CT molecular complexity index is 554. The number of aromatic nitrogens is 3. The molecule has 0 fully saturated rings. The van der Waals surface area contributed by atoms with Crippen LogP contribution in [0.5, 0.6) is 0 Å². The summed E-state index contributed by atoms with van der Waals surface area (Å²) in [6.45, 7) is 2.15. The third-order valence-electron chi connectivity index (χ3n) is 3.00. The molecule has 0 spiro atoms. The molecule has 0 unspecified atom stereocenters. The molecule has 0 amide bonds. The first-order valence-corrected chi connectivity index (χ1v) is 5.57. The van der Waals surface area contributed by atoms with Crippen molar-refractivity contribution < 1.29 is 0 Å². The number of fused-ring (bicyclic) bond motifs is 1. The number of nitrogens with zero attached hydrogens (tertiary/aromatic N) is 4. The van der Waals surface area contributed by atoms with E-state index in [0.29, 0.717) is 12.0 Å². The zero-order valence-corrected chi connectivity index (χ0v) is 9.54. The number of benzene rings is 1. The molecule has 1 aromatic carbocycles. The van der Waals surface area contributed by atoms with Gasteiger partial charge in [0.1, 0.15) is 6.33 Å². The maximum Gasteiger partial charge on any atom is 0.234 e. The predicted octanol–water partition coefficient (Wildman–Crippen LogP) is 1.54. The van der Waals surface area contributed by atoms with Gasteiger partial charge in [-0.2, -0.15) is 4.98 Å². The van der Waals surface area contributed by atoms with Crippen molar-refractivity contribution in [2.24, 2.45) is 0 Å². The minimum absolute atomic E-state index is 0.256. The fourth-order valence-electron chi connectivity index (χ4n) is 2.29. The van der Waals surface area contributed by atoms with Crippen LogP contribution in [0.15, 0.2) is 30.6 Å². The molecule has 1 aromatic heterocycles. The average Bonchev–Trinajstić information content (AvgIpc) is 2.64. The van der Waals surface area contributed by atoms with E-state index in [-0.39, 0.29) is 5.95 Å². The van der Waals surface area contributed by atoms with Crippen LogP contribution < -0.4 is 10.6 Å². The minimum Gasteiger partial charge on any atom is -0.368 e. The molecule has 0 saturated heterocycles. The van der Waals surface area contributed by atoms with Crippen LogP contribution in [-0.4, -0.2) is 21.0 Å². The summed E-state index contributed by atoms with van der Waals surface area (Å²) >= 11 is 0. The number of anilines is 3.